The zero-order valence-electron chi connectivity index (χ0n) is 21.1. The number of hydrogen-bond donors (Lipinski definition) is 2. The molecule has 0 atom stereocenters. The van der Waals surface area contributed by atoms with Gasteiger partial charge >= 0.3 is 0 Å². The van der Waals surface area contributed by atoms with Crippen molar-refractivity contribution in [2.45, 2.75) is 39.2 Å². The fraction of sp³-hybridized carbons (Fsp3) is 0.481. The number of rotatable bonds is 11. The first-order valence-corrected chi connectivity index (χ1v) is 13.3. The van der Waals surface area contributed by atoms with E-state index in [1.807, 2.05) is 11.5 Å². The Morgan fingerprint density at radius 3 is 2.76 bits per heavy atom. The first-order chi connectivity index (χ1) is 18.0. The average Bonchev–Trinajstić information content (AvgIpc) is 3.63. The molecule has 2 N–H and O–H groups in total. The number of imidazole rings is 1. The Labute approximate surface area is 221 Å². The van der Waals surface area contributed by atoms with E-state index < -0.39 is 11.7 Å². The number of carbonyl (C=O) groups is 1. The van der Waals surface area contributed by atoms with Gasteiger partial charge in [0.15, 0.2) is 5.82 Å². The summed E-state index contributed by atoms with van der Waals surface area (Å²) in [5, 5.41) is 3.69. The molecule has 3 aromatic rings. The molecule has 0 unspecified atom stereocenters. The number of morpholine rings is 1. The van der Waals surface area contributed by atoms with E-state index in [-0.39, 0.29) is 16.8 Å². The summed E-state index contributed by atoms with van der Waals surface area (Å²) in [6.07, 6.45) is 5.78. The van der Waals surface area contributed by atoms with E-state index >= 15 is 4.39 Å². The van der Waals surface area contributed by atoms with Crippen molar-refractivity contribution in [2.24, 2.45) is 5.92 Å². The van der Waals surface area contributed by atoms with Crippen LogP contribution < -0.4 is 10.8 Å². The summed E-state index contributed by atoms with van der Waals surface area (Å²) in [5.74, 6) is -0.602. The van der Waals surface area contributed by atoms with Crippen molar-refractivity contribution in [1.82, 2.24) is 19.9 Å². The molecular weight excluding hydrogens is 497 g/mol. The maximum Gasteiger partial charge on any atom is 0.277 e. The van der Waals surface area contributed by atoms with Crippen molar-refractivity contribution in [3.63, 3.8) is 0 Å². The first-order valence-electron chi connectivity index (χ1n) is 12.9. The Hall–Kier alpha value is -2.72. The molecule has 2 aliphatic rings. The molecule has 2 fully saturated rings. The normalized spacial score (nSPS) is 16.3. The summed E-state index contributed by atoms with van der Waals surface area (Å²) in [7, 11) is 0. The SMILES string of the molecule is Cc1cc(Cl)ccc1Nc1c(C(=O)NOCC2CC2)cc2c(ncn2CCCCN2CCOCC2)c1F. The molecule has 10 heteroatoms. The van der Waals surface area contributed by atoms with E-state index in [1.165, 1.54) is 0 Å². The molecule has 1 saturated heterocycles. The van der Waals surface area contributed by atoms with Gasteiger partial charge < -0.3 is 14.6 Å². The number of nitrogens with zero attached hydrogens (tertiary/aromatic N) is 3. The van der Waals surface area contributed by atoms with Gasteiger partial charge in [0, 0.05) is 30.3 Å². The van der Waals surface area contributed by atoms with Gasteiger partial charge in [0.1, 0.15) is 5.52 Å². The summed E-state index contributed by atoms with van der Waals surface area (Å²) in [6.45, 7) is 7.50. The lowest BCUT2D eigenvalue weighted by Gasteiger charge is -2.26. The zero-order valence-corrected chi connectivity index (χ0v) is 21.8. The van der Waals surface area contributed by atoms with E-state index in [0.29, 0.717) is 35.3 Å². The van der Waals surface area contributed by atoms with E-state index in [9.17, 15) is 4.79 Å². The van der Waals surface area contributed by atoms with Crippen LogP contribution in [0, 0.1) is 18.7 Å². The van der Waals surface area contributed by atoms with Gasteiger partial charge in [-0.25, -0.2) is 14.9 Å². The standard InChI is InChI=1S/C27H33ClFN5O3/c1-18-14-20(28)6-7-22(18)31-25-21(27(35)32-37-16-19-4-5-19)15-23-26(24(25)29)30-17-34(23)9-3-2-8-33-10-12-36-13-11-33/h6-7,14-15,17,19,31H,2-5,8-13,16H2,1H3,(H,32,35). The smallest absolute Gasteiger partial charge is 0.277 e. The number of carbonyl (C=O) groups excluding carboxylic acids is 1. The molecular formula is C27H33ClFN5O3. The topological polar surface area (TPSA) is 80.7 Å². The molecule has 1 aliphatic carbocycles. The summed E-state index contributed by atoms with van der Waals surface area (Å²) in [6, 6.07) is 6.96. The van der Waals surface area contributed by atoms with E-state index in [1.54, 1.807) is 30.6 Å². The average molecular weight is 530 g/mol. The summed E-state index contributed by atoms with van der Waals surface area (Å²) >= 11 is 6.09. The number of unbranched alkanes of at least 4 members (excludes halogenated alkanes) is 1. The molecule has 8 nitrogen and oxygen atoms in total. The highest BCUT2D eigenvalue weighted by Gasteiger charge is 2.25. The predicted octanol–water partition coefficient (Wildman–Crippen LogP) is 5.06. The highest BCUT2D eigenvalue weighted by atomic mass is 35.5. The zero-order chi connectivity index (χ0) is 25.8. The number of halogens is 2. The number of benzene rings is 2. The molecule has 2 heterocycles. The van der Waals surface area contributed by atoms with Crippen molar-refractivity contribution < 1.29 is 18.8 Å². The van der Waals surface area contributed by atoms with Gasteiger partial charge in [0.05, 0.1) is 42.9 Å². The molecule has 0 spiro atoms. The molecule has 0 radical (unpaired) electrons. The first kappa shape index (κ1) is 25.9. The Balaban J connectivity index is 1.37. The largest absolute Gasteiger partial charge is 0.379 e. The number of anilines is 2. The van der Waals surface area contributed by atoms with Crippen LogP contribution in [0.15, 0.2) is 30.6 Å². The van der Waals surface area contributed by atoms with Crippen LogP contribution in [-0.2, 0) is 16.1 Å². The number of ether oxygens (including phenoxy) is 1. The molecule has 2 aromatic carbocycles. The fourth-order valence-corrected chi connectivity index (χ4v) is 4.77. The Bertz CT molecular complexity index is 1260. The third-order valence-electron chi connectivity index (χ3n) is 6.96. The summed E-state index contributed by atoms with van der Waals surface area (Å²) in [5.41, 5.74) is 4.99. The number of aryl methyl sites for hydroxylation is 2. The quantitative estimate of drug-likeness (QED) is 0.267. The summed E-state index contributed by atoms with van der Waals surface area (Å²) < 4.78 is 23.2. The minimum absolute atomic E-state index is 0.0583. The summed E-state index contributed by atoms with van der Waals surface area (Å²) in [4.78, 5) is 25.3. The highest BCUT2D eigenvalue weighted by molar-refractivity contribution is 6.30. The van der Waals surface area contributed by atoms with Crippen LogP contribution in [-0.4, -0.2) is 59.8 Å². The molecule has 5 rings (SSSR count). The van der Waals surface area contributed by atoms with Gasteiger partial charge in [-0.2, -0.15) is 0 Å². The maximum absolute atomic E-state index is 15.9. The lowest BCUT2D eigenvalue weighted by Crippen LogP contribution is -2.36. The minimum Gasteiger partial charge on any atom is -0.379 e. The van der Waals surface area contributed by atoms with Crippen LogP contribution in [0.1, 0.15) is 41.6 Å². The molecule has 1 aliphatic heterocycles. The third kappa shape index (κ3) is 6.41. The monoisotopic (exact) mass is 529 g/mol. The van der Waals surface area contributed by atoms with Crippen molar-refractivity contribution in [3.8, 4) is 0 Å². The van der Waals surface area contributed by atoms with Crippen LogP contribution >= 0.6 is 11.6 Å². The third-order valence-corrected chi connectivity index (χ3v) is 7.19. The Morgan fingerprint density at radius 2 is 2.00 bits per heavy atom. The minimum atomic E-state index is -0.578. The van der Waals surface area contributed by atoms with E-state index in [2.05, 4.69) is 20.7 Å². The Kier molecular flexibility index (Phi) is 8.24. The Morgan fingerprint density at radius 1 is 1.22 bits per heavy atom. The molecule has 37 heavy (non-hydrogen) atoms. The van der Waals surface area contributed by atoms with Crippen molar-refractivity contribution in [1.29, 1.82) is 0 Å². The van der Waals surface area contributed by atoms with E-state index in [0.717, 1.165) is 64.1 Å². The predicted molar refractivity (Wildman–Crippen MR) is 142 cm³/mol. The van der Waals surface area contributed by atoms with Crippen LogP contribution in [0.3, 0.4) is 0 Å². The van der Waals surface area contributed by atoms with Crippen LogP contribution in [0.2, 0.25) is 5.02 Å². The van der Waals surface area contributed by atoms with E-state index in [4.69, 9.17) is 21.2 Å². The molecule has 1 amide bonds. The molecule has 198 valence electrons. The number of aromatic nitrogens is 2. The van der Waals surface area contributed by atoms with Crippen LogP contribution in [0.4, 0.5) is 15.8 Å². The van der Waals surface area contributed by atoms with Crippen LogP contribution in [0.5, 0.6) is 0 Å². The second kappa shape index (κ2) is 11.8. The molecule has 1 saturated carbocycles. The maximum atomic E-state index is 15.9. The van der Waals surface area contributed by atoms with Gasteiger partial charge in [-0.15, -0.1) is 0 Å². The number of fused-ring (bicyclic) bond motifs is 1. The lowest BCUT2D eigenvalue weighted by atomic mass is 10.1. The van der Waals surface area contributed by atoms with Gasteiger partial charge in [-0.1, -0.05) is 11.6 Å². The van der Waals surface area contributed by atoms with Crippen molar-refractivity contribution in [3.05, 3.63) is 52.6 Å². The van der Waals surface area contributed by atoms with Gasteiger partial charge in [0.2, 0.25) is 0 Å². The van der Waals surface area contributed by atoms with Crippen LogP contribution in [0.25, 0.3) is 11.0 Å². The number of hydroxylamine groups is 1. The number of nitrogens with one attached hydrogen (secondary N) is 2. The number of amides is 1. The highest BCUT2D eigenvalue weighted by Crippen LogP contribution is 2.33. The van der Waals surface area contributed by atoms with Gasteiger partial charge in [0.25, 0.3) is 5.91 Å². The van der Waals surface area contributed by atoms with Crippen molar-refractivity contribution >= 4 is 39.9 Å². The fourth-order valence-electron chi connectivity index (χ4n) is 4.55. The van der Waals surface area contributed by atoms with Gasteiger partial charge in [-0.05, 0) is 74.9 Å². The van der Waals surface area contributed by atoms with Crippen molar-refractivity contribution in [2.75, 3.05) is 44.8 Å². The second-order valence-electron chi connectivity index (χ2n) is 9.85. The molecule has 1 aromatic heterocycles. The van der Waals surface area contributed by atoms with Gasteiger partial charge in [-0.3, -0.25) is 14.5 Å². The lowest BCUT2D eigenvalue weighted by molar-refractivity contribution is 0.0271. The number of hydrogen-bond acceptors (Lipinski definition) is 6. The molecule has 0 bridgehead atoms. The second-order valence-corrected chi connectivity index (χ2v) is 10.3.